The zero-order valence-electron chi connectivity index (χ0n) is 6.95. The van der Waals surface area contributed by atoms with Gasteiger partial charge in [-0.05, 0) is 13.0 Å². The maximum atomic E-state index is 5.38. The summed E-state index contributed by atoms with van der Waals surface area (Å²) in [6.07, 6.45) is 2.33. The van der Waals surface area contributed by atoms with E-state index in [0.717, 1.165) is 5.56 Å². The van der Waals surface area contributed by atoms with E-state index in [-0.39, 0.29) is 5.95 Å². The van der Waals surface area contributed by atoms with Crippen LogP contribution in [0.4, 0.5) is 5.95 Å². The fourth-order valence-corrected chi connectivity index (χ4v) is 0.908. The molecule has 0 aliphatic heterocycles. The molecule has 0 amide bonds. The van der Waals surface area contributed by atoms with Crippen molar-refractivity contribution in [1.29, 1.82) is 0 Å². The highest BCUT2D eigenvalue weighted by Gasteiger charge is 2.04. The Morgan fingerprint density at radius 3 is 2.92 bits per heavy atom. The van der Waals surface area contributed by atoms with Crippen LogP contribution >= 0.6 is 0 Å². The van der Waals surface area contributed by atoms with Crippen molar-refractivity contribution in [2.45, 2.75) is 6.42 Å². The van der Waals surface area contributed by atoms with Crippen LogP contribution in [-0.4, -0.2) is 23.6 Å². The lowest BCUT2D eigenvalue weighted by atomic mass is 10.2. The second kappa shape index (κ2) is 3.87. The standard InChI is InChI=1S/C7H12N4O/c1-12-6-5(2-3-8)4-10-7(9)11-6/h4H,2-3,8H2,1H3,(H2,9,10,11). The second-order valence-corrected chi connectivity index (χ2v) is 2.30. The van der Waals surface area contributed by atoms with Gasteiger partial charge in [-0.3, -0.25) is 0 Å². The summed E-state index contributed by atoms with van der Waals surface area (Å²) in [4.78, 5) is 7.74. The average molecular weight is 168 g/mol. The minimum absolute atomic E-state index is 0.215. The Balaban J connectivity index is 2.94. The van der Waals surface area contributed by atoms with Crippen LogP contribution in [0.2, 0.25) is 0 Å². The first-order chi connectivity index (χ1) is 5.77. The molecule has 0 radical (unpaired) electrons. The van der Waals surface area contributed by atoms with Crippen molar-refractivity contribution in [2.24, 2.45) is 5.73 Å². The van der Waals surface area contributed by atoms with Crippen LogP contribution in [-0.2, 0) is 6.42 Å². The Labute approximate surface area is 70.8 Å². The van der Waals surface area contributed by atoms with Crippen molar-refractivity contribution in [3.63, 3.8) is 0 Å². The molecule has 1 aromatic heterocycles. The number of nitrogens with two attached hydrogens (primary N) is 2. The molecule has 1 aromatic rings. The van der Waals surface area contributed by atoms with E-state index < -0.39 is 0 Å². The summed E-state index contributed by atoms with van der Waals surface area (Å²) in [6.45, 7) is 0.545. The summed E-state index contributed by atoms with van der Waals surface area (Å²) in [7, 11) is 1.54. The van der Waals surface area contributed by atoms with Gasteiger partial charge in [0.1, 0.15) is 0 Å². The molecule has 0 aliphatic carbocycles. The highest BCUT2D eigenvalue weighted by atomic mass is 16.5. The van der Waals surface area contributed by atoms with Crippen LogP contribution < -0.4 is 16.2 Å². The number of hydrogen-bond donors (Lipinski definition) is 2. The molecule has 0 fully saturated rings. The summed E-state index contributed by atoms with van der Waals surface area (Å²) < 4.78 is 4.99. The van der Waals surface area contributed by atoms with Crippen LogP contribution in [0.5, 0.6) is 5.88 Å². The molecule has 0 spiro atoms. The predicted molar refractivity (Wildman–Crippen MR) is 45.8 cm³/mol. The van der Waals surface area contributed by atoms with Gasteiger partial charge in [0.05, 0.1) is 7.11 Å². The maximum Gasteiger partial charge on any atom is 0.223 e. The first kappa shape index (κ1) is 8.73. The number of nitrogens with zero attached hydrogens (tertiary/aromatic N) is 2. The Morgan fingerprint density at radius 1 is 1.58 bits per heavy atom. The van der Waals surface area contributed by atoms with E-state index in [1.807, 2.05) is 0 Å². The highest BCUT2D eigenvalue weighted by molar-refractivity contribution is 5.30. The summed E-state index contributed by atoms with van der Waals surface area (Å²) >= 11 is 0. The fourth-order valence-electron chi connectivity index (χ4n) is 0.908. The Bertz CT molecular complexity index is 264. The summed E-state index contributed by atoms with van der Waals surface area (Å²) in [5.74, 6) is 0.723. The maximum absolute atomic E-state index is 5.38. The minimum Gasteiger partial charge on any atom is -0.481 e. The number of ether oxygens (including phenoxy) is 1. The minimum atomic E-state index is 0.215. The van der Waals surface area contributed by atoms with E-state index in [0.29, 0.717) is 18.8 Å². The molecule has 5 nitrogen and oxygen atoms in total. The summed E-state index contributed by atoms with van der Waals surface area (Å²) in [6, 6.07) is 0. The van der Waals surface area contributed by atoms with Gasteiger partial charge in [-0.1, -0.05) is 0 Å². The van der Waals surface area contributed by atoms with Crippen LogP contribution in [0.25, 0.3) is 0 Å². The van der Waals surface area contributed by atoms with Gasteiger partial charge >= 0.3 is 0 Å². The molecule has 0 aromatic carbocycles. The molecule has 0 bridgehead atoms. The zero-order valence-corrected chi connectivity index (χ0v) is 6.95. The van der Waals surface area contributed by atoms with Gasteiger partial charge in [0.15, 0.2) is 0 Å². The molecule has 1 heterocycles. The van der Waals surface area contributed by atoms with E-state index in [9.17, 15) is 0 Å². The predicted octanol–water partition coefficient (Wildman–Crippen LogP) is -0.431. The topological polar surface area (TPSA) is 87.0 Å². The third-order valence-electron chi connectivity index (χ3n) is 1.45. The van der Waals surface area contributed by atoms with E-state index in [2.05, 4.69) is 9.97 Å². The van der Waals surface area contributed by atoms with E-state index >= 15 is 0 Å². The smallest absolute Gasteiger partial charge is 0.223 e. The van der Waals surface area contributed by atoms with Crippen molar-refractivity contribution in [2.75, 3.05) is 19.4 Å². The van der Waals surface area contributed by atoms with Crippen molar-refractivity contribution < 1.29 is 4.74 Å². The fraction of sp³-hybridized carbons (Fsp3) is 0.429. The van der Waals surface area contributed by atoms with E-state index in [4.69, 9.17) is 16.2 Å². The van der Waals surface area contributed by atoms with Crippen molar-refractivity contribution in [3.05, 3.63) is 11.8 Å². The molecule has 0 aliphatic rings. The zero-order chi connectivity index (χ0) is 8.97. The largest absolute Gasteiger partial charge is 0.481 e. The summed E-state index contributed by atoms with van der Waals surface area (Å²) in [5, 5.41) is 0. The lowest BCUT2D eigenvalue weighted by molar-refractivity contribution is 0.392. The lowest BCUT2D eigenvalue weighted by Gasteiger charge is -2.05. The number of anilines is 1. The molecule has 66 valence electrons. The van der Waals surface area contributed by atoms with Gasteiger partial charge in [-0.25, -0.2) is 4.98 Å². The van der Waals surface area contributed by atoms with E-state index in [1.54, 1.807) is 13.3 Å². The number of hydrogen-bond acceptors (Lipinski definition) is 5. The first-order valence-electron chi connectivity index (χ1n) is 3.63. The molecule has 0 saturated heterocycles. The second-order valence-electron chi connectivity index (χ2n) is 2.30. The molecular formula is C7H12N4O. The third kappa shape index (κ3) is 1.82. The van der Waals surface area contributed by atoms with Crippen molar-refractivity contribution in [1.82, 2.24) is 9.97 Å². The molecule has 5 heteroatoms. The van der Waals surface area contributed by atoms with Crippen LogP contribution in [0.3, 0.4) is 0 Å². The molecule has 0 saturated carbocycles. The Kier molecular flexibility index (Phi) is 2.82. The number of aromatic nitrogens is 2. The Morgan fingerprint density at radius 2 is 2.33 bits per heavy atom. The van der Waals surface area contributed by atoms with Crippen LogP contribution in [0, 0.1) is 0 Å². The number of methoxy groups -OCH3 is 1. The van der Waals surface area contributed by atoms with Gasteiger partial charge in [-0.2, -0.15) is 4.98 Å². The van der Waals surface area contributed by atoms with Crippen LogP contribution in [0.15, 0.2) is 6.20 Å². The molecule has 4 N–H and O–H groups in total. The lowest BCUT2D eigenvalue weighted by Crippen LogP contribution is -2.07. The first-order valence-corrected chi connectivity index (χ1v) is 3.63. The van der Waals surface area contributed by atoms with Gasteiger partial charge in [0.25, 0.3) is 0 Å². The van der Waals surface area contributed by atoms with Gasteiger partial charge < -0.3 is 16.2 Å². The highest BCUT2D eigenvalue weighted by Crippen LogP contribution is 2.14. The monoisotopic (exact) mass is 168 g/mol. The van der Waals surface area contributed by atoms with Crippen molar-refractivity contribution >= 4 is 5.95 Å². The molecule has 12 heavy (non-hydrogen) atoms. The van der Waals surface area contributed by atoms with Gasteiger partial charge in [-0.15, -0.1) is 0 Å². The quantitative estimate of drug-likeness (QED) is 0.639. The third-order valence-corrected chi connectivity index (χ3v) is 1.45. The normalized spacial score (nSPS) is 9.83. The molecule has 0 unspecified atom stereocenters. The van der Waals surface area contributed by atoms with E-state index in [1.165, 1.54) is 0 Å². The van der Waals surface area contributed by atoms with Crippen molar-refractivity contribution in [3.8, 4) is 5.88 Å². The van der Waals surface area contributed by atoms with Gasteiger partial charge in [0, 0.05) is 11.8 Å². The molecule has 1 rings (SSSR count). The Hall–Kier alpha value is -1.36. The average Bonchev–Trinajstić information content (AvgIpc) is 2.08. The number of nitrogen functional groups attached to an aromatic ring is 1. The van der Waals surface area contributed by atoms with Gasteiger partial charge in [0.2, 0.25) is 11.8 Å². The SMILES string of the molecule is COc1nc(N)ncc1CCN. The summed E-state index contributed by atoms with van der Waals surface area (Å²) in [5.41, 5.74) is 11.6. The van der Waals surface area contributed by atoms with Crippen LogP contribution in [0.1, 0.15) is 5.56 Å². The molecule has 0 atom stereocenters. The number of rotatable bonds is 3. The molecular weight excluding hydrogens is 156 g/mol.